The number of amides is 1. The fourth-order valence-corrected chi connectivity index (χ4v) is 4.44. The second-order valence-electron chi connectivity index (χ2n) is 6.97. The number of benzene rings is 2. The standard InChI is InChI=1S/C22H26N4OS2/c1-5-17(4)29-19-10-11-20(16(3)12-19)24-21(27)13-28-22-25-23-14-26(22)18-8-6-15(2)7-9-18/h6-12,14,17H,5,13H2,1-4H3,(H,24,27). The lowest BCUT2D eigenvalue weighted by molar-refractivity contribution is -0.113. The minimum absolute atomic E-state index is 0.0566. The number of nitrogens with zero attached hydrogens (tertiary/aromatic N) is 3. The Morgan fingerprint density at radius 2 is 1.93 bits per heavy atom. The smallest absolute Gasteiger partial charge is 0.234 e. The van der Waals surface area contributed by atoms with E-state index in [1.165, 1.54) is 22.2 Å². The second-order valence-corrected chi connectivity index (χ2v) is 9.42. The van der Waals surface area contributed by atoms with Gasteiger partial charge in [-0.15, -0.1) is 22.0 Å². The number of carbonyl (C=O) groups is 1. The fraction of sp³-hybridized carbons (Fsp3) is 0.318. The van der Waals surface area contributed by atoms with Crippen molar-refractivity contribution in [3.05, 3.63) is 59.9 Å². The van der Waals surface area contributed by atoms with Crippen LogP contribution in [0.15, 0.2) is 58.8 Å². The Hall–Kier alpha value is -2.25. The van der Waals surface area contributed by atoms with E-state index >= 15 is 0 Å². The summed E-state index contributed by atoms with van der Waals surface area (Å²) in [6, 6.07) is 14.3. The molecule has 1 unspecified atom stereocenters. The van der Waals surface area contributed by atoms with E-state index in [1.807, 2.05) is 60.5 Å². The molecule has 0 radical (unpaired) electrons. The first kappa shape index (κ1) is 21.5. The first-order valence-corrected chi connectivity index (χ1v) is 11.5. The summed E-state index contributed by atoms with van der Waals surface area (Å²) in [5.41, 5.74) is 4.09. The highest BCUT2D eigenvalue weighted by molar-refractivity contribution is 8.00. The quantitative estimate of drug-likeness (QED) is 0.482. The molecule has 1 N–H and O–H groups in total. The number of aromatic nitrogens is 3. The van der Waals surface area contributed by atoms with Gasteiger partial charge in [-0.3, -0.25) is 9.36 Å². The predicted molar refractivity (Wildman–Crippen MR) is 122 cm³/mol. The molecule has 1 amide bonds. The van der Waals surface area contributed by atoms with Crippen LogP contribution in [-0.4, -0.2) is 31.7 Å². The van der Waals surface area contributed by atoms with E-state index in [9.17, 15) is 4.79 Å². The van der Waals surface area contributed by atoms with Gasteiger partial charge in [0.2, 0.25) is 5.91 Å². The summed E-state index contributed by atoms with van der Waals surface area (Å²) in [6.45, 7) is 8.49. The van der Waals surface area contributed by atoms with Crippen molar-refractivity contribution >= 4 is 35.1 Å². The van der Waals surface area contributed by atoms with Gasteiger partial charge in [0, 0.05) is 21.5 Å². The van der Waals surface area contributed by atoms with Crippen molar-refractivity contribution in [1.82, 2.24) is 14.8 Å². The summed E-state index contributed by atoms with van der Waals surface area (Å²) in [5, 5.41) is 12.4. The van der Waals surface area contributed by atoms with Crippen LogP contribution in [0.3, 0.4) is 0 Å². The van der Waals surface area contributed by atoms with Gasteiger partial charge in [0.1, 0.15) is 6.33 Å². The van der Waals surface area contributed by atoms with E-state index in [4.69, 9.17) is 0 Å². The number of carbonyl (C=O) groups excluding carboxylic acids is 1. The lowest BCUT2D eigenvalue weighted by atomic mass is 10.2. The van der Waals surface area contributed by atoms with Crippen LogP contribution in [0.5, 0.6) is 0 Å². The minimum atomic E-state index is -0.0566. The van der Waals surface area contributed by atoms with Crippen molar-refractivity contribution in [2.45, 2.75) is 49.4 Å². The first-order chi connectivity index (χ1) is 14.0. The maximum atomic E-state index is 12.5. The van der Waals surface area contributed by atoms with Gasteiger partial charge < -0.3 is 5.32 Å². The van der Waals surface area contributed by atoms with Crippen LogP contribution < -0.4 is 5.32 Å². The van der Waals surface area contributed by atoms with Gasteiger partial charge in [-0.25, -0.2) is 0 Å². The molecule has 0 spiro atoms. The molecule has 0 aliphatic carbocycles. The average molecular weight is 427 g/mol. The van der Waals surface area contributed by atoms with E-state index in [1.54, 1.807) is 6.33 Å². The maximum absolute atomic E-state index is 12.5. The number of thioether (sulfide) groups is 2. The molecule has 2 aromatic carbocycles. The number of hydrogen-bond acceptors (Lipinski definition) is 5. The molecule has 3 aromatic rings. The van der Waals surface area contributed by atoms with E-state index in [-0.39, 0.29) is 11.7 Å². The Balaban J connectivity index is 1.60. The zero-order chi connectivity index (χ0) is 20.8. The SMILES string of the molecule is CCC(C)Sc1ccc(NC(=O)CSc2nncn2-c2ccc(C)cc2)c(C)c1. The summed E-state index contributed by atoms with van der Waals surface area (Å²) in [6.07, 6.45) is 2.80. The van der Waals surface area contributed by atoms with E-state index in [0.717, 1.165) is 23.4 Å². The Bertz CT molecular complexity index is 969. The Labute approximate surface area is 180 Å². The Morgan fingerprint density at radius 3 is 2.62 bits per heavy atom. The summed E-state index contributed by atoms with van der Waals surface area (Å²) < 4.78 is 1.89. The number of nitrogens with one attached hydrogen (secondary N) is 1. The zero-order valence-corrected chi connectivity index (χ0v) is 18.8. The fourth-order valence-electron chi connectivity index (χ4n) is 2.69. The van der Waals surface area contributed by atoms with Crippen LogP contribution in [0.25, 0.3) is 5.69 Å². The molecule has 0 bridgehead atoms. The lowest BCUT2D eigenvalue weighted by Gasteiger charge is -2.12. The Morgan fingerprint density at radius 1 is 1.17 bits per heavy atom. The molecule has 1 atom stereocenters. The molecule has 7 heteroatoms. The molecule has 0 fully saturated rings. The molecule has 5 nitrogen and oxygen atoms in total. The van der Waals surface area contributed by atoms with Crippen LogP contribution in [0, 0.1) is 13.8 Å². The highest BCUT2D eigenvalue weighted by Gasteiger charge is 2.12. The number of anilines is 1. The number of aryl methyl sites for hydroxylation is 2. The highest BCUT2D eigenvalue weighted by Crippen LogP contribution is 2.28. The second kappa shape index (κ2) is 9.98. The van der Waals surface area contributed by atoms with Crippen molar-refractivity contribution < 1.29 is 4.79 Å². The third-order valence-corrected chi connectivity index (χ3v) is 6.75. The highest BCUT2D eigenvalue weighted by atomic mass is 32.2. The predicted octanol–water partition coefficient (Wildman–Crippen LogP) is 5.51. The van der Waals surface area contributed by atoms with E-state index in [2.05, 4.69) is 41.5 Å². The lowest BCUT2D eigenvalue weighted by Crippen LogP contribution is -2.15. The Kier molecular flexibility index (Phi) is 7.39. The zero-order valence-electron chi connectivity index (χ0n) is 17.2. The number of rotatable bonds is 8. The van der Waals surface area contributed by atoms with Crippen molar-refractivity contribution in [2.75, 3.05) is 11.1 Å². The van der Waals surface area contributed by atoms with Crippen LogP contribution in [0.1, 0.15) is 31.4 Å². The summed E-state index contributed by atoms with van der Waals surface area (Å²) in [4.78, 5) is 13.7. The minimum Gasteiger partial charge on any atom is -0.325 e. The average Bonchev–Trinajstić information content (AvgIpc) is 3.17. The van der Waals surface area contributed by atoms with Gasteiger partial charge in [-0.1, -0.05) is 43.3 Å². The first-order valence-electron chi connectivity index (χ1n) is 9.63. The molecule has 3 rings (SSSR count). The molecule has 29 heavy (non-hydrogen) atoms. The molecule has 0 saturated heterocycles. The van der Waals surface area contributed by atoms with Gasteiger partial charge >= 0.3 is 0 Å². The normalized spacial score (nSPS) is 12.0. The molecule has 0 saturated carbocycles. The van der Waals surface area contributed by atoms with E-state index in [0.29, 0.717) is 10.4 Å². The summed E-state index contributed by atoms with van der Waals surface area (Å²) >= 11 is 3.23. The van der Waals surface area contributed by atoms with E-state index < -0.39 is 0 Å². The van der Waals surface area contributed by atoms with Crippen molar-refractivity contribution in [3.63, 3.8) is 0 Å². The van der Waals surface area contributed by atoms with Crippen LogP contribution in [0.2, 0.25) is 0 Å². The van der Waals surface area contributed by atoms with Crippen molar-refractivity contribution in [2.24, 2.45) is 0 Å². The van der Waals surface area contributed by atoms with Gasteiger partial charge in [0.15, 0.2) is 5.16 Å². The van der Waals surface area contributed by atoms with Gasteiger partial charge in [0.25, 0.3) is 0 Å². The van der Waals surface area contributed by atoms with Crippen molar-refractivity contribution in [1.29, 1.82) is 0 Å². The van der Waals surface area contributed by atoms with Gasteiger partial charge in [-0.2, -0.15) is 0 Å². The molecule has 0 aliphatic rings. The molecule has 152 valence electrons. The van der Waals surface area contributed by atoms with Crippen LogP contribution >= 0.6 is 23.5 Å². The summed E-state index contributed by atoms with van der Waals surface area (Å²) in [5.74, 6) is 0.215. The van der Waals surface area contributed by atoms with Gasteiger partial charge in [0.05, 0.1) is 5.75 Å². The topological polar surface area (TPSA) is 59.8 Å². The molecular formula is C22H26N4OS2. The molecular weight excluding hydrogens is 400 g/mol. The van der Waals surface area contributed by atoms with Crippen molar-refractivity contribution in [3.8, 4) is 5.69 Å². The van der Waals surface area contributed by atoms with Gasteiger partial charge in [-0.05, 0) is 56.2 Å². The molecule has 1 heterocycles. The largest absolute Gasteiger partial charge is 0.325 e. The number of hydrogen-bond donors (Lipinski definition) is 1. The molecule has 1 aromatic heterocycles. The maximum Gasteiger partial charge on any atom is 0.234 e. The molecule has 0 aliphatic heterocycles. The van der Waals surface area contributed by atoms with Crippen LogP contribution in [0.4, 0.5) is 5.69 Å². The third-order valence-electron chi connectivity index (χ3n) is 4.55. The third kappa shape index (κ3) is 5.87. The van der Waals surface area contributed by atoms with Crippen LogP contribution in [-0.2, 0) is 4.79 Å². The monoisotopic (exact) mass is 426 g/mol. The summed E-state index contributed by atoms with van der Waals surface area (Å²) in [7, 11) is 0.